The topological polar surface area (TPSA) is 12.0 Å². The molecule has 0 aliphatic rings. The molecule has 1 nitrogen and oxygen atoms in total. The predicted octanol–water partition coefficient (Wildman–Crippen LogP) is 2.07. The van der Waals surface area contributed by atoms with Gasteiger partial charge in [0.05, 0.1) is 0 Å². The van der Waals surface area contributed by atoms with Crippen molar-refractivity contribution < 1.29 is 8.78 Å². The van der Waals surface area contributed by atoms with Crippen LogP contribution in [0.3, 0.4) is 0 Å². The average molecular weight is 171 g/mol. The summed E-state index contributed by atoms with van der Waals surface area (Å²) in [5.41, 5.74) is 0.111. The zero-order valence-electron chi connectivity index (χ0n) is 6.90. The highest BCUT2D eigenvalue weighted by molar-refractivity contribution is 5.19. The Labute approximate surface area is 70.4 Å². The number of nitrogens with one attached hydrogen (secondary N) is 1. The van der Waals surface area contributed by atoms with Crippen LogP contribution in [0.4, 0.5) is 8.78 Å². The van der Waals surface area contributed by atoms with Crippen LogP contribution >= 0.6 is 0 Å². The summed E-state index contributed by atoms with van der Waals surface area (Å²) in [5.74, 6) is -0.980. The molecule has 66 valence electrons. The van der Waals surface area contributed by atoms with Crippen LogP contribution in [-0.2, 0) is 6.54 Å². The minimum atomic E-state index is -0.490. The molecule has 12 heavy (non-hydrogen) atoms. The molecule has 3 heteroatoms. The number of hydrogen-bond acceptors (Lipinski definition) is 1. The smallest absolute Gasteiger partial charge is 0.130 e. The third-order valence-corrected chi connectivity index (χ3v) is 1.61. The SMILES string of the molecule is CCNCc1c(F)cccc1F. The molecule has 0 saturated carbocycles. The first-order valence-electron chi connectivity index (χ1n) is 3.89. The molecule has 0 aliphatic carbocycles. The van der Waals surface area contributed by atoms with E-state index in [1.807, 2.05) is 6.92 Å². The molecule has 0 bridgehead atoms. The molecular formula is C9H11F2N. The van der Waals surface area contributed by atoms with E-state index in [4.69, 9.17) is 0 Å². The molecule has 0 atom stereocenters. The summed E-state index contributed by atoms with van der Waals surface area (Å²) in [4.78, 5) is 0. The normalized spacial score (nSPS) is 10.2. The van der Waals surface area contributed by atoms with Gasteiger partial charge in [0.2, 0.25) is 0 Å². The first-order chi connectivity index (χ1) is 5.75. The molecule has 0 spiro atoms. The highest BCUT2D eigenvalue weighted by Crippen LogP contribution is 2.10. The van der Waals surface area contributed by atoms with Crippen LogP contribution < -0.4 is 5.32 Å². The van der Waals surface area contributed by atoms with Crippen molar-refractivity contribution in [2.24, 2.45) is 0 Å². The molecule has 0 amide bonds. The summed E-state index contributed by atoms with van der Waals surface area (Å²) in [7, 11) is 0. The van der Waals surface area contributed by atoms with Gasteiger partial charge in [0.15, 0.2) is 0 Å². The van der Waals surface area contributed by atoms with Crippen LogP contribution in [0.2, 0.25) is 0 Å². The fourth-order valence-corrected chi connectivity index (χ4v) is 0.951. The van der Waals surface area contributed by atoms with E-state index in [1.165, 1.54) is 18.2 Å². The van der Waals surface area contributed by atoms with Crippen molar-refractivity contribution in [3.8, 4) is 0 Å². The van der Waals surface area contributed by atoms with E-state index < -0.39 is 11.6 Å². The third-order valence-electron chi connectivity index (χ3n) is 1.61. The monoisotopic (exact) mass is 171 g/mol. The first kappa shape index (κ1) is 9.13. The Kier molecular flexibility index (Phi) is 3.17. The van der Waals surface area contributed by atoms with Crippen molar-refractivity contribution in [3.05, 3.63) is 35.4 Å². The predicted molar refractivity (Wildman–Crippen MR) is 43.7 cm³/mol. The maximum absolute atomic E-state index is 12.9. The van der Waals surface area contributed by atoms with Gasteiger partial charge >= 0.3 is 0 Å². The molecule has 0 radical (unpaired) electrons. The summed E-state index contributed by atoms with van der Waals surface area (Å²) >= 11 is 0. The summed E-state index contributed by atoms with van der Waals surface area (Å²) < 4.78 is 25.8. The van der Waals surface area contributed by atoms with Gasteiger partial charge in [-0.25, -0.2) is 8.78 Å². The number of benzene rings is 1. The molecule has 0 saturated heterocycles. The second kappa shape index (κ2) is 4.16. The standard InChI is InChI=1S/C9H11F2N/c1-2-12-6-7-8(10)4-3-5-9(7)11/h3-5,12H,2,6H2,1H3. The second-order valence-electron chi connectivity index (χ2n) is 2.48. The fraction of sp³-hybridized carbons (Fsp3) is 0.333. The van der Waals surface area contributed by atoms with Crippen LogP contribution in [0.1, 0.15) is 12.5 Å². The molecule has 1 N–H and O–H groups in total. The summed E-state index contributed by atoms with van der Waals surface area (Å²) in [6, 6.07) is 3.88. The Balaban J connectivity index is 2.81. The fourth-order valence-electron chi connectivity index (χ4n) is 0.951. The Bertz CT molecular complexity index is 240. The second-order valence-corrected chi connectivity index (χ2v) is 2.48. The van der Waals surface area contributed by atoms with Crippen molar-refractivity contribution in [3.63, 3.8) is 0 Å². The van der Waals surface area contributed by atoms with E-state index in [0.717, 1.165) is 0 Å². The average Bonchev–Trinajstić information content (AvgIpc) is 2.04. The molecule has 1 aromatic carbocycles. The lowest BCUT2D eigenvalue weighted by molar-refractivity contribution is 0.539. The van der Waals surface area contributed by atoms with E-state index in [9.17, 15) is 8.78 Å². The van der Waals surface area contributed by atoms with Crippen LogP contribution in [0.25, 0.3) is 0 Å². The van der Waals surface area contributed by atoms with Gasteiger partial charge in [0.25, 0.3) is 0 Å². The lowest BCUT2D eigenvalue weighted by Gasteiger charge is -2.04. The van der Waals surface area contributed by atoms with Gasteiger partial charge < -0.3 is 5.32 Å². The van der Waals surface area contributed by atoms with Crippen LogP contribution in [0.15, 0.2) is 18.2 Å². The largest absolute Gasteiger partial charge is 0.313 e. The van der Waals surface area contributed by atoms with Crippen LogP contribution in [0.5, 0.6) is 0 Å². The van der Waals surface area contributed by atoms with Gasteiger partial charge in [-0.2, -0.15) is 0 Å². The van der Waals surface area contributed by atoms with E-state index in [0.29, 0.717) is 6.54 Å². The maximum Gasteiger partial charge on any atom is 0.130 e. The van der Waals surface area contributed by atoms with Crippen molar-refractivity contribution in [2.75, 3.05) is 6.54 Å². The highest BCUT2D eigenvalue weighted by Gasteiger charge is 2.05. The minimum Gasteiger partial charge on any atom is -0.313 e. The Morgan fingerprint density at radius 1 is 1.25 bits per heavy atom. The van der Waals surface area contributed by atoms with E-state index >= 15 is 0 Å². The van der Waals surface area contributed by atoms with Gasteiger partial charge in [-0.15, -0.1) is 0 Å². The van der Waals surface area contributed by atoms with Gasteiger partial charge in [-0.3, -0.25) is 0 Å². The molecule has 0 fully saturated rings. The van der Waals surface area contributed by atoms with Crippen molar-refractivity contribution in [1.29, 1.82) is 0 Å². The van der Waals surface area contributed by atoms with Gasteiger partial charge in [-0.1, -0.05) is 13.0 Å². The molecule has 0 aromatic heterocycles. The lowest BCUT2D eigenvalue weighted by Crippen LogP contribution is -2.14. The molecule has 1 aromatic rings. The quantitative estimate of drug-likeness (QED) is 0.734. The first-order valence-corrected chi connectivity index (χ1v) is 3.89. The number of halogens is 2. The van der Waals surface area contributed by atoms with Gasteiger partial charge in [0.1, 0.15) is 11.6 Å². The van der Waals surface area contributed by atoms with Crippen LogP contribution in [0, 0.1) is 11.6 Å². The molecule has 0 aliphatic heterocycles. The summed E-state index contributed by atoms with van der Waals surface area (Å²) in [6.45, 7) is 2.83. The van der Waals surface area contributed by atoms with Crippen molar-refractivity contribution >= 4 is 0 Å². The number of rotatable bonds is 3. The zero-order valence-corrected chi connectivity index (χ0v) is 6.90. The highest BCUT2D eigenvalue weighted by atomic mass is 19.1. The lowest BCUT2D eigenvalue weighted by atomic mass is 10.2. The van der Waals surface area contributed by atoms with E-state index in [2.05, 4.69) is 5.32 Å². The maximum atomic E-state index is 12.9. The van der Waals surface area contributed by atoms with E-state index in [1.54, 1.807) is 0 Å². The Hall–Kier alpha value is -0.960. The third kappa shape index (κ3) is 2.01. The van der Waals surface area contributed by atoms with Gasteiger partial charge in [-0.05, 0) is 18.7 Å². The summed E-state index contributed by atoms with van der Waals surface area (Å²) in [6.07, 6.45) is 0. The van der Waals surface area contributed by atoms with Crippen molar-refractivity contribution in [1.82, 2.24) is 5.32 Å². The summed E-state index contributed by atoms with van der Waals surface area (Å²) in [5, 5.41) is 2.87. The molecule has 1 rings (SSSR count). The molecular weight excluding hydrogens is 160 g/mol. The Morgan fingerprint density at radius 3 is 2.33 bits per heavy atom. The van der Waals surface area contributed by atoms with Crippen LogP contribution in [-0.4, -0.2) is 6.54 Å². The zero-order chi connectivity index (χ0) is 8.97. The Morgan fingerprint density at radius 2 is 1.83 bits per heavy atom. The molecule has 0 unspecified atom stereocenters. The van der Waals surface area contributed by atoms with Crippen molar-refractivity contribution in [2.45, 2.75) is 13.5 Å². The molecule has 0 heterocycles. The van der Waals surface area contributed by atoms with Gasteiger partial charge in [0, 0.05) is 12.1 Å². The number of hydrogen-bond donors (Lipinski definition) is 1. The minimum absolute atomic E-state index is 0.111. The van der Waals surface area contributed by atoms with E-state index in [-0.39, 0.29) is 12.1 Å².